The summed E-state index contributed by atoms with van der Waals surface area (Å²) in [5.41, 5.74) is 2.03. The van der Waals surface area contributed by atoms with Gasteiger partial charge < -0.3 is 0 Å². The van der Waals surface area contributed by atoms with Gasteiger partial charge >= 0.3 is 0 Å². The highest BCUT2D eigenvalue weighted by molar-refractivity contribution is 7.07. The molecule has 0 amide bonds. The standard InChI is InChI=1S/C15H18N2OS/c18-15(9-12-6-8-19-11-12)10-13-5-7-17(16-13)14-3-1-2-4-14/h5-8,11,14H,1-4,9-10H2. The Balaban J connectivity index is 1.59. The lowest BCUT2D eigenvalue weighted by atomic mass is 10.1. The highest BCUT2D eigenvalue weighted by atomic mass is 32.1. The predicted octanol–water partition coefficient (Wildman–Crippen LogP) is 3.41. The number of hydrogen-bond donors (Lipinski definition) is 0. The van der Waals surface area contributed by atoms with Crippen LogP contribution in [0.1, 0.15) is 43.0 Å². The number of aromatic nitrogens is 2. The molecule has 1 aliphatic carbocycles. The van der Waals surface area contributed by atoms with Gasteiger partial charge in [-0.05, 0) is 41.3 Å². The zero-order valence-electron chi connectivity index (χ0n) is 10.9. The zero-order valence-corrected chi connectivity index (χ0v) is 11.7. The first-order valence-corrected chi connectivity index (χ1v) is 7.82. The maximum Gasteiger partial charge on any atom is 0.143 e. The Morgan fingerprint density at radius 2 is 2.16 bits per heavy atom. The fourth-order valence-electron chi connectivity index (χ4n) is 2.73. The molecule has 0 spiro atoms. The minimum Gasteiger partial charge on any atom is -0.299 e. The van der Waals surface area contributed by atoms with Crippen molar-refractivity contribution in [3.63, 3.8) is 0 Å². The number of Topliss-reactive ketones (excluding diaryl/α,β-unsaturated/α-hetero) is 1. The van der Waals surface area contributed by atoms with Crippen LogP contribution in [0, 0.1) is 0 Å². The summed E-state index contributed by atoms with van der Waals surface area (Å²) in [6.07, 6.45) is 8.07. The molecule has 0 radical (unpaired) electrons. The fourth-order valence-corrected chi connectivity index (χ4v) is 3.40. The Hall–Kier alpha value is -1.42. The monoisotopic (exact) mass is 274 g/mol. The van der Waals surface area contributed by atoms with Gasteiger partial charge in [0.2, 0.25) is 0 Å². The maximum absolute atomic E-state index is 12.0. The molecule has 3 rings (SSSR count). The van der Waals surface area contributed by atoms with Gasteiger partial charge in [0.05, 0.1) is 18.2 Å². The highest BCUT2D eigenvalue weighted by Gasteiger charge is 2.18. The minimum atomic E-state index is 0.245. The average molecular weight is 274 g/mol. The van der Waals surface area contributed by atoms with Gasteiger partial charge in [0.25, 0.3) is 0 Å². The molecule has 0 bridgehead atoms. The number of rotatable bonds is 5. The van der Waals surface area contributed by atoms with Crippen LogP contribution in [0.3, 0.4) is 0 Å². The van der Waals surface area contributed by atoms with E-state index in [1.807, 2.05) is 29.1 Å². The number of hydrogen-bond acceptors (Lipinski definition) is 3. The zero-order chi connectivity index (χ0) is 13.1. The van der Waals surface area contributed by atoms with E-state index in [-0.39, 0.29) is 5.78 Å². The maximum atomic E-state index is 12.0. The van der Waals surface area contributed by atoms with Crippen LogP contribution in [0.15, 0.2) is 29.1 Å². The van der Waals surface area contributed by atoms with Crippen LogP contribution in [-0.2, 0) is 17.6 Å². The molecule has 0 N–H and O–H groups in total. The Morgan fingerprint density at radius 1 is 1.32 bits per heavy atom. The summed E-state index contributed by atoms with van der Waals surface area (Å²) in [4.78, 5) is 12.0. The molecule has 2 aromatic heterocycles. The third-order valence-corrected chi connectivity index (χ3v) is 4.45. The van der Waals surface area contributed by atoms with E-state index in [4.69, 9.17) is 0 Å². The SMILES string of the molecule is O=C(Cc1ccsc1)Cc1ccn(C2CCCC2)n1. The second-order valence-electron chi connectivity index (χ2n) is 5.25. The van der Waals surface area contributed by atoms with E-state index in [1.165, 1.54) is 25.7 Å². The smallest absolute Gasteiger partial charge is 0.143 e. The lowest BCUT2D eigenvalue weighted by Gasteiger charge is -2.08. The number of thiophene rings is 1. The lowest BCUT2D eigenvalue weighted by Crippen LogP contribution is -2.09. The predicted molar refractivity (Wildman–Crippen MR) is 76.5 cm³/mol. The molecule has 0 aromatic carbocycles. The molecule has 1 saturated carbocycles. The van der Waals surface area contributed by atoms with Crippen molar-refractivity contribution in [2.45, 2.75) is 44.6 Å². The third kappa shape index (κ3) is 3.13. The van der Waals surface area contributed by atoms with Gasteiger partial charge in [0, 0.05) is 12.6 Å². The van der Waals surface area contributed by atoms with Crippen LogP contribution in [0.25, 0.3) is 0 Å². The largest absolute Gasteiger partial charge is 0.299 e. The summed E-state index contributed by atoms with van der Waals surface area (Å²) in [5.74, 6) is 0.245. The van der Waals surface area contributed by atoms with Crippen molar-refractivity contribution < 1.29 is 4.79 Å². The van der Waals surface area contributed by atoms with Gasteiger partial charge in [-0.1, -0.05) is 12.8 Å². The van der Waals surface area contributed by atoms with Gasteiger partial charge in [0.1, 0.15) is 5.78 Å². The Bertz CT molecular complexity index is 538. The van der Waals surface area contributed by atoms with Crippen LogP contribution >= 0.6 is 11.3 Å². The van der Waals surface area contributed by atoms with Crippen LogP contribution in [0.2, 0.25) is 0 Å². The van der Waals surface area contributed by atoms with E-state index < -0.39 is 0 Å². The van der Waals surface area contributed by atoms with E-state index in [9.17, 15) is 4.79 Å². The van der Waals surface area contributed by atoms with Gasteiger partial charge in [-0.15, -0.1) is 0 Å². The molecule has 19 heavy (non-hydrogen) atoms. The molecule has 2 heterocycles. The number of carbonyl (C=O) groups is 1. The lowest BCUT2D eigenvalue weighted by molar-refractivity contribution is -0.117. The number of nitrogens with zero attached hydrogens (tertiary/aromatic N) is 2. The molecule has 4 heteroatoms. The Labute approximate surface area is 117 Å². The van der Waals surface area contributed by atoms with E-state index in [2.05, 4.69) is 9.78 Å². The van der Waals surface area contributed by atoms with E-state index in [1.54, 1.807) is 11.3 Å². The molecule has 0 atom stereocenters. The molecular weight excluding hydrogens is 256 g/mol. The summed E-state index contributed by atoms with van der Waals surface area (Å²) in [6, 6.07) is 4.56. The molecule has 2 aromatic rings. The average Bonchev–Trinajstić information content (AvgIpc) is 3.09. The quantitative estimate of drug-likeness (QED) is 0.837. The van der Waals surface area contributed by atoms with Crippen molar-refractivity contribution in [2.24, 2.45) is 0 Å². The van der Waals surface area contributed by atoms with Crippen molar-refractivity contribution in [3.8, 4) is 0 Å². The summed E-state index contributed by atoms with van der Waals surface area (Å²) >= 11 is 1.64. The van der Waals surface area contributed by atoms with E-state index in [0.29, 0.717) is 18.9 Å². The van der Waals surface area contributed by atoms with Gasteiger partial charge in [-0.25, -0.2) is 0 Å². The Morgan fingerprint density at radius 3 is 2.89 bits per heavy atom. The number of carbonyl (C=O) groups excluding carboxylic acids is 1. The van der Waals surface area contributed by atoms with Crippen LogP contribution in [0.4, 0.5) is 0 Å². The molecule has 0 aliphatic heterocycles. The van der Waals surface area contributed by atoms with Crippen molar-refractivity contribution in [1.82, 2.24) is 9.78 Å². The van der Waals surface area contributed by atoms with Crippen LogP contribution in [0.5, 0.6) is 0 Å². The summed E-state index contributed by atoms with van der Waals surface area (Å²) in [5, 5.41) is 8.61. The third-order valence-electron chi connectivity index (χ3n) is 3.72. The molecule has 100 valence electrons. The first-order valence-electron chi connectivity index (χ1n) is 6.88. The number of ketones is 1. The highest BCUT2D eigenvalue weighted by Crippen LogP contribution is 2.28. The van der Waals surface area contributed by atoms with Gasteiger partial charge in [-0.3, -0.25) is 9.48 Å². The first-order chi connectivity index (χ1) is 9.31. The molecule has 0 unspecified atom stereocenters. The topological polar surface area (TPSA) is 34.9 Å². The fraction of sp³-hybridized carbons (Fsp3) is 0.467. The van der Waals surface area contributed by atoms with Gasteiger partial charge in [0.15, 0.2) is 0 Å². The van der Waals surface area contributed by atoms with Crippen LogP contribution < -0.4 is 0 Å². The molecule has 1 aliphatic rings. The second-order valence-corrected chi connectivity index (χ2v) is 6.03. The van der Waals surface area contributed by atoms with Crippen molar-refractivity contribution in [2.75, 3.05) is 0 Å². The summed E-state index contributed by atoms with van der Waals surface area (Å²) in [7, 11) is 0. The van der Waals surface area contributed by atoms with Crippen molar-refractivity contribution in [3.05, 3.63) is 40.3 Å². The minimum absolute atomic E-state index is 0.245. The normalized spacial score (nSPS) is 16.0. The summed E-state index contributed by atoms with van der Waals surface area (Å²) < 4.78 is 2.06. The second kappa shape index (κ2) is 5.70. The first kappa shape index (κ1) is 12.6. The molecule has 1 fully saturated rings. The summed E-state index contributed by atoms with van der Waals surface area (Å²) in [6.45, 7) is 0. The molecule has 3 nitrogen and oxygen atoms in total. The molecular formula is C15H18N2OS. The van der Waals surface area contributed by atoms with Crippen molar-refractivity contribution in [1.29, 1.82) is 0 Å². The van der Waals surface area contributed by atoms with E-state index in [0.717, 1.165) is 11.3 Å². The van der Waals surface area contributed by atoms with Crippen LogP contribution in [-0.4, -0.2) is 15.6 Å². The van der Waals surface area contributed by atoms with E-state index >= 15 is 0 Å². The molecule has 0 saturated heterocycles. The van der Waals surface area contributed by atoms with Gasteiger partial charge in [-0.2, -0.15) is 16.4 Å². The van der Waals surface area contributed by atoms with Crippen molar-refractivity contribution >= 4 is 17.1 Å². The Kier molecular flexibility index (Phi) is 3.78.